The van der Waals surface area contributed by atoms with E-state index >= 15 is 0 Å². The lowest BCUT2D eigenvalue weighted by Gasteiger charge is -2.22. The molecule has 0 saturated carbocycles. The number of benzene rings is 3. The largest absolute Gasteiger partial charge is 0.436 e. The molecule has 0 fully saturated rings. The van der Waals surface area contributed by atoms with Gasteiger partial charge in [0, 0.05) is 5.56 Å². The van der Waals surface area contributed by atoms with E-state index in [1.54, 1.807) is 0 Å². The van der Waals surface area contributed by atoms with E-state index in [0.29, 0.717) is 5.89 Å². The minimum Gasteiger partial charge on any atom is -0.436 e. The lowest BCUT2D eigenvalue weighted by atomic mass is 9.82. The van der Waals surface area contributed by atoms with Gasteiger partial charge in [-0.25, -0.2) is 4.98 Å². The van der Waals surface area contributed by atoms with Gasteiger partial charge in [0.2, 0.25) is 5.89 Å². The van der Waals surface area contributed by atoms with E-state index in [9.17, 15) is 0 Å². The first kappa shape index (κ1) is 18.2. The van der Waals surface area contributed by atoms with Gasteiger partial charge in [0.25, 0.3) is 0 Å². The van der Waals surface area contributed by atoms with Crippen molar-refractivity contribution in [2.45, 2.75) is 32.6 Å². The van der Waals surface area contributed by atoms with Gasteiger partial charge in [0.05, 0.1) is 0 Å². The van der Waals surface area contributed by atoms with E-state index in [1.165, 1.54) is 11.1 Å². The van der Waals surface area contributed by atoms with Crippen LogP contribution in [-0.2, 0) is 5.41 Å². The first-order valence-corrected chi connectivity index (χ1v) is 9.80. The number of hydrogen-bond donors (Lipinski definition) is 0. The number of hydrogen-bond acceptors (Lipinski definition) is 2. The normalized spacial score (nSPS) is 12.1. The molecule has 0 saturated heterocycles. The van der Waals surface area contributed by atoms with Crippen LogP contribution < -0.4 is 0 Å². The maximum Gasteiger partial charge on any atom is 0.227 e. The third-order valence-corrected chi connectivity index (χ3v) is 5.50. The van der Waals surface area contributed by atoms with Gasteiger partial charge in [0.15, 0.2) is 5.58 Å². The fourth-order valence-corrected chi connectivity index (χ4v) is 3.25. The molecule has 2 nitrogen and oxygen atoms in total. The van der Waals surface area contributed by atoms with Crippen molar-refractivity contribution < 1.29 is 4.42 Å². The van der Waals surface area contributed by atoms with E-state index < -0.39 is 0 Å². The van der Waals surface area contributed by atoms with Crippen molar-refractivity contribution in [3.05, 3.63) is 89.5 Å². The van der Waals surface area contributed by atoms with Crippen molar-refractivity contribution in [1.82, 2.24) is 4.98 Å². The molecule has 0 amide bonds. The molecule has 0 aliphatic heterocycles. The van der Waals surface area contributed by atoms with Gasteiger partial charge in [-0.05, 0) is 46.7 Å². The maximum absolute atomic E-state index is 6.10. The first-order valence-electron chi connectivity index (χ1n) is 9.80. The molecule has 0 bridgehead atoms. The smallest absolute Gasteiger partial charge is 0.227 e. The molecule has 3 aromatic carbocycles. The molecular formula is C26H25NO. The monoisotopic (exact) mass is 367 g/mol. The lowest BCUT2D eigenvalue weighted by Crippen LogP contribution is -2.14. The molecule has 1 heterocycles. The van der Waals surface area contributed by atoms with Crippen LogP contribution in [0, 0.1) is 0 Å². The summed E-state index contributed by atoms with van der Waals surface area (Å²) in [5.41, 5.74) is 6.42. The number of nitrogens with zero attached hydrogens (tertiary/aromatic N) is 1. The number of oxazole rings is 1. The Morgan fingerprint density at radius 3 is 2.43 bits per heavy atom. The zero-order valence-electron chi connectivity index (χ0n) is 16.6. The van der Waals surface area contributed by atoms with Crippen LogP contribution in [-0.4, -0.2) is 4.98 Å². The highest BCUT2D eigenvalue weighted by atomic mass is 16.3. The standard InChI is InChI=1S/C26H25NO/c1-4-26(2,3)21-16-17-24-23(18-21)27-25(28-24)22-13-9-8-12-20(22)15-14-19-10-6-5-7-11-19/h5-18H,4H2,1-3H3/b15-14+. The fourth-order valence-electron chi connectivity index (χ4n) is 3.25. The Bertz CT molecular complexity index is 1120. The topological polar surface area (TPSA) is 26.0 Å². The summed E-state index contributed by atoms with van der Waals surface area (Å²) >= 11 is 0. The highest BCUT2D eigenvalue weighted by molar-refractivity contribution is 5.82. The molecule has 0 aliphatic carbocycles. The zero-order chi connectivity index (χ0) is 19.6. The van der Waals surface area contributed by atoms with Gasteiger partial charge in [-0.15, -0.1) is 0 Å². The Kier molecular flexibility index (Phi) is 4.87. The number of aromatic nitrogens is 1. The van der Waals surface area contributed by atoms with Crippen molar-refractivity contribution >= 4 is 23.3 Å². The first-order chi connectivity index (χ1) is 13.6. The second-order valence-corrected chi connectivity index (χ2v) is 7.77. The van der Waals surface area contributed by atoms with Gasteiger partial charge < -0.3 is 4.42 Å². The molecule has 1 aromatic heterocycles. The predicted octanol–water partition coefficient (Wildman–Crippen LogP) is 7.35. The highest BCUT2D eigenvalue weighted by Gasteiger charge is 2.20. The van der Waals surface area contributed by atoms with Crippen molar-refractivity contribution in [2.75, 3.05) is 0 Å². The Hall–Kier alpha value is -3.13. The Morgan fingerprint density at radius 1 is 0.893 bits per heavy atom. The summed E-state index contributed by atoms with van der Waals surface area (Å²) in [7, 11) is 0. The summed E-state index contributed by atoms with van der Waals surface area (Å²) in [6, 6.07) is 24.9. The summed E-state index contributed by atoms with van der Waals surface area (Å²) in [5, 5.41) is 0. The molecule has 0 radical (unpaired) electrons. The Labute approximate surface area is 166 Å². The molecule has 140 valence electrons. The minimum atomic E-state index is 0.129. The summed E-state index contributed by atoms with van der Waals surface area (Å²) in [5.74, 6) is 0.662. The summed E-state index contributed by atoms with van der Waals surface area (Å²) < 4.78 is 6.10. The molecule has 0 N–H and O–H groups in total. The van der Waals surface area contributed by atoms with Crippen molar-refractivity contribution in [2.24, 2.45) is 0 Å². The molecule has 4 rings (SSSR count). The van der Waals surface area contributed by atoms with E-state index in [0.717, 1.165) is 28.6 Å². The average molecular weight is 367 g/mol. The van der Waals surface area contributed by atoms with E-state index in [4.69, 9.17) is 9.40 Å². The van der Waals surface area contributed by atoms with Crippen LogP contribution >= 0.6 is 0 Å². The van der Waals surface area contributed by atoms with Crippen molar-refractivity contribution in [3.63, 3.8) is 0 Å². The van der Waals surface area contributed by atoms with E-state index in [-0.39, 0.29) is 5.41 Å². The van der Waals surface area contributed by atoms with E-state index in [2.05, 4.69) is 69.3 Å². The molecule has 0 spiro atoms. The number of fused-ring (bicyclic) bond motifs is 1. The van der Waals surface area contributed by atoms with Gasteiger partial charge >= 0.3 is 0 Å². The summed E-state index contributed by atoms with van der Waals surface area (Å²) in [6.07, 6.45) is 5.31. The van der Waals surface area contributed by atoms with Crippen molar-refractivity contribution in [3.8, 4) is 11.5 Å². The summed E-state index contributed by atoms with van der Waals surface area (Å²) in [6.45, 7) is 6.74. The third kappa shape index (κ3) is 3.63. The molecular weight excluding hydrogens is 342 g/mol. The van der Waals surface area contributed by atoms with Crippen LogP contribution in [0.5, 0.6) is 0 Å². The third-order valence-electron chi connectivity index (χ3n) is 5.50. The number of rotatable bonds is 5. The van der Waals surface area contributed by atoms with Gasteiger partial charge in [-0.3, -0.25) is 0 Å². The molecule has 28 heavy (non-hydrogen) atoms. The second-order valence-electron chi connectivity index (χ2n) is 7.77. The van der Waals surface area contributed by atoms with Crippen molar-refractivity contribution in [1.29, 1.82) is 0 Å². The average Bonchev–Trinajstić information content (AvgIpc) is 3.16. The quantitative estimate of drug-likeness (QED) is 0.345. The van der Waals surface area contributed by atoms with Crippen LogP contribution in [0.4, 0.5) is 0 Å². The maximum atomic E-state index is 6.10. The van der Waals surface area contributed by atoms with Crippen LogP contribution in [0.15, 0.2) is 77.2 Å². The van der Waals surface area contributed by atoms with Crippen LogP contribution in [0.25, 0.3) is 34.7 Å². The molecule has 2 heteroatoms. The van der Waals surface area contributed by atoms with Crippen LogP contribution in [0.3, 0.4) is 0 Å². The Balaban J connectivity index is 1.73. The molecule has 4 aromatic rings. The molecule has 0 unspecified atom stereocenters. The van der Waals surface area contributed by atoms with Crippen LogP contribution in [0.2, 0.25) is 0 Å². The molecule has 0 atom stereocenters. The van der Waals surface area contributed by atoms with Gasteiger partial charge in [0.1, 0.15) is 5.52 Å². The highest BCUT2D eigenvalue weighted by Crippen LogP contribution is 2.32. The molecule has 0 aliphatic rings. The summed E-state index contributed by atoms with van der Waals surface area (Å²) in [4.78, 5) is 4.81. The van der Waals surface area contributed by atoms with E-state index in [1.807, 2.05) is 36.4 Å². The van der Waals surface area contributed by atoms with Gasteiger partial charge in [-0.2, -0.15) is 0 Å². The minimum absolute atomic E-state index is 0.129. The fraction of sp³-hybridized carbons (Fsp3) is 0.192. The van der Waals surface area contributed by atoms with Crippen LogP contribution in [0.1, 0.15) is 43.9 Å². The van der Waals surface area contributed by atoms with Gasteiger partial charge in [-0.1, -0.05) is 87.5 Å². The lowest BCUT2D eigenvalue weighted by molar-refractivity contribution is 0.506. The SMILES string of the molecule is CCC(C)(C)c1ccc2oc(-c3ccccc3/C=C/c3ccccc3)nc2c1. The predicted molar refractivity (Wildman–Crippen MR) is 118 cm³/mol. The Morgan fingerprint density at radius 2 is 1.64 bits per heavy atom. The zero-order valence-corrected chi connectivity index (χ0v) is 16.6. The second kappa shape index (κ2) is 7.47.